The van der Waals surface area contributed by atoms with Gasteiger partial charge >= 0.3 is 5.97 Å². The average Bonchev–Trinajstić information content (AvgIpc) is 2.84. The lowest BCUT2D eigenvalue weighted by Crippen LogP contribution is -2.25. The van der Waals surface area contributed by atoms with Gasteiger partial charge in [-0.3, -0.25) is 9.59 Å². The molecule has 9 heteroatoms. The van der Waals surface area contributed by atoms with Gasteiger partial charge in [-0.2, -0.15) is 0 Å². The van der Waals surface area contributed by atoms with Crippen molar-refractivity contribution in [3.63, 3.8) is 0 Å². The Morgan fingerprint density at radius 2 is 1.71 bits per heavy atom. The van der Waals surface area contributed by atoms with Gasteiger partial charge in [-0.05, 0) is 62.7 Å². The topological polar surface area (TPSA) is 112 Å². The monoisotopic (exact) mass is 517 g/mol. The standard InChI is InChI=1S/C29H28FN3O5/c1-29(2,3)38-28(37)18-10-12-20(13-11-18)31-26(35)23-25(34)21-14-19(30)15-22(24(21)32-27(23)36)33(4)16-17-8-6-5-7-9-17/h5-15H,16H2,1-4H3,(H,31,35)(H2,32,34,36). The highest BCUT2D eigenvalue weighted by atomic mass is 19.1. The number of hydrogen-bond donors (Lipinski definition) is 3. The van der Waals surface area contributed by atoms with Crippen molar-refractivity contribution in [2.75, 3.05) is 17.3 Å². The van der Waals surface area contributed by atoms with Crippen LogP contribution in [-0.4, -0.2) is 34.6 Å². The van der Waals surface area contributed by atoms with Crippen molar-refractivity contribution < 1.29 is 23.8 Å². The molecule has 3 aromatic carbocycles. The Hall–Kier alpha value is -4.66. The summed E-state index contributed by atoms with van der Waals surface area (Å²) in [5.74, 6) is -2.69. The van der Waals surface area contributed by atoms with E-state index in [2.05, 4.69) is 10.3 Å². The highest BCUT2D eigenvalue weighted by molar-refractivity contribution is 6.10. The number of esters is 1. The maximum atomic E-state index is 14.6. The summed E-state index contributed by atoms with van der Waals surface area (Å²) in [5.41, 5.74) is 0.0265. The third-order valence-electron chi connectivity index (χ3n) is 5.72. The molecular weight excluding hydrogens is 489 g/mol. The number of aromatic nitrogens is 1. The van der Waals surface area contributed by atoms with Crippen molar-refractivity contribution in [1.29, 1.82) is 0 Å². The molecule has 0 bridgehead atoms. The van der Waals surface area contributed by atoms with Gasteiger partial charge in [0.15, 0.2) is 0 Å². The zero-order chi connectivity index (χ0) is 27.6. The third kappa shape index (κ3) is 5.83. The fourth-order valence-corrected chi connectivity index (χ4v) is 4.00. The number of pyridine rings is 1. The van der Waals surface area contributed by atoms with Crippen LogP contribution in [0.25, 0.3) is 10.9 Å². The number of H-pyrrole nitrogens is 1. The van der Waals surface area contributed by atoms with E-state index < -0.39 is 40.2 Å². The maximum absolute atomic E-state index is 14.6. The first-order chi connectivity index (χ1) is 17.9. The number of aromatic hydroxyl groups is 1. The summed E-state index contributed by atoms with van der Waals surface area (Å²) >= 11 is 0. The highest BCUT2D eigenvalue weighted by Crippen LogP contribution is 2.33. The van der Waals surface area contributed by atoms with Gasteiger partial charge in [0, 0.05) is 24.7 Å². The number of amides is 1. The Kier molecular flexibility index (Phi) is 7.21. The Morgan fingerprint density at radius 3 is 2.34 bits per heavy atom. The number of anilines is 2. The van der Waals surface area contributed by atoms with Crippen LogP contribution < -0.4 is 15.8 Å². The predicted octanol–water partition coefficient (Wildman–Crippen LogP) is 5.22. The molecule has 0 saturated carbocycles. The van der Waals surface area contributed by atoms with Crippen LogP contribution in [0.1, 0.15) is 47.1 Å². The zero-order valence-electron chi connectivity index (χ0n) is 21.5. The van der Waals surface area contributed by atoms with Crippen molar-refractivity contribution in [1.82, 2.24) is 4.98 Å². The second-order valence-electron chi connectivity index (χ2n) is 9.90. The number of ether oxygens (including phenoxy) is 1. The van der Waals surface area contributed by atoms with Crippen LogP contribution in [0, 0.1) is 5.82 Å². The van der Waals surface area contributed by atoms with Gasteiger partial charge in [0.2, 0.25) is 0 Å². The average molecular weight is 518 g/mol. The second-order valence-corrected chi connectivity index (χ2v) is 9.90. The van der Waals surface area contributed by atoms with Crippen LogP contribution in [0.5, 0.6) is 5.75 Å². The molecule has 38 heavy (non-hydrogen) atoms. The Bertz CT molecular complexity index is 1560. The van der Waals surface area contributed by atoms with E-state index >= 15 is 0 Å². The summed E-state index contributed by atoms with van der Waals surface area (Å²) in [5, 5.41) is 13.4. The zero-order valence-corrected chi connectivity index (χ0v) is 21.5. The van der Waals surface area contributed by atoms with E-state index in [0.29, 0.717) is 12.2 Å². The first-order valence-electron chi connectivity index (χ1n) is 11.9. The molecule has 0 unspecified atom stereocenters. The van der Waals surface area contributed by atoms with Gasteiger partial charge < -0.3 is 25.0 Å². The number of benzene rings is 3. The number of nitrogens with zero attached hydrogens (tertiary/aromatic N) is 1. The van der Waals surface area contributed by atoms with E-state index in [-0.39, 0.29) is 22.2 Å². The number of carbonyl (C=O) groups is 2. The number of carbonyl (C=O) groups excluding carboxylic acids is 2. The number of hydrogen-bond acceptors (Lipinski definition) is 6. The molecule has 0 fully saturated rings. The molecule has 0 saturated heterocycles. The molecule has 4 rings (SSSR count). The summed E-state index contributed by atoms with van der Waals surface area (Å²) in [6, 6.07) is 17.7. The molecule has 0 atom stereocenters. The quantitative estimate of drug-likeness (QED) is 0.303. The Balaban J connectivity index is 1.63. The Morgan fingerprint density at radius 1 is 1.05 bits per heavy atom. The van der Waals surface area contributed by atoms with Gasteiger partial charge in [-0.1, -0.05) is 30.3 Å². The predicted molar refractivity (Wildman–Crippen MR) is 144 cm³/mol. The first kappa shape index (κ1) is 26.4. The molecule has 0 aliphatic rings. The molecule has 1 aromatic heterocycles. The van der Waals surface area contributed by atoms with Crippen molar-refractivity contribution >= 4 is 34.2 Å². The fourth-order valence-electron chi connectivity index (χ4n) is 4.00. The lowest BCUT2D eigenvalue weighted by atomic mass is 10.1. The molecule has 1 amide bonds. The van der Waals surface area contributed by atoms with Crippen LogP contribution in [0.15, 0.2) is 71.5 Å². The fraction of sp³-hybridized carbons (Fsp3) is 0.207. The summed E-state index contributed by atoms with van der Waals surface area (Å²) < 4.78 is 19.9. The van der Waals surface area contributed by atoms with Gasteiger partial charge in [0.25, 0.3) is 11.5 Å². The van der Waals surface area contributed by atoms with E-state index in [0.717, 1.165) is 11.6 Å². The van der Waals surface area contributed by atoms with Crippen LogP contribution in [0.2, 0.25) is 0 Å². The van der Waals surface area contributed by atoms with Crippen LogP contribution in [0.4, 0.5) is 15.8 Å². The molecular formula is C29H28FN3O5. The maximum Gasteiger partial charge on any atom is 0.338 e. The molecule has 1 heterocycles. The molecule has 0 radical (unpaired) electrons. The van der Waals surface area contributed by atoms with Gasteiger partial charge in [0.1, 0.15) is 22.7 Å². The van der Waals surface area contributed by atoms with Crippen molar-refractivity contribution in [3.05, 3.63) is 99.6 Å². The van der Waals surface area contributed by atoms with E-state index in [9.17, 15) is 23.9 Å². The minimum Gasteiger partial charge on any atom is -0.506 e. The van der Waals surface area contributed by atoms with E-state index in [1.807, 2.05) is 30.3 Å². The number of rotatable bonds is 6. The van der Waals surface area contributed by atoms with Gasteiger partial charge in [-0.25, -0.2) is 9.18 Å². The molecule has 3 N–H and O–H groups in total. The minimum atomic E-state index is -0.890. The molecule has 0 spiro atoms. The second kappa shape index (κ2) is 10.4. The summed E-state index contributed by atoms with van der Waals surface area (Å²) in [6.07, 6.45) is 0. The summed E-state index contributed by atoms with van der Waals surface area (Å²) in [4.78, 5) is 42.5. The number of nitrogens with one attached hydrogen (secondary N) is 2. The van der Waals surface area contributed by atoms with Gasteiger partial charge in [0.05, 0.1) is 16.8 Å². The van der Waals surface area contributed by atoms with Crippen molar-refractivity contribution in [2.45, 2.75) is 32.9 Å². The molecule has 4 aromatic rings. The lowest BCUT2D eigenvalue weighted by molar-refractivity contribution is 0.00694. The first-order valence-corrected chi connectivity index (χ1v) is 11.9. The summed E-state index contributed by atoms with van der Waals surface area (Å²) in [6.45, 7) is 5.68. The Labute approximate surface area is 218 Å². The minimum absolute atomic E-state index is 0.00932. The molecule has 0 aliphatic heterocycles. The molecule has 8 nitrogen and oxygen atoms in total. The summed E-state index contributed by atoms with van der Waals surface area (Å²) in [7, 11) is 1.73. The van der Waals surface area contributed by atoms with Crippen molar-refractivity contribution in [2.24, 2.45) is 0 Å². The van der Waals surface area contributed by atoms with Crippen LogP contribution in [0.3, 0.4) is 0 Å². The largest absolute Gasteiger partial charge is 0.506 e. The third-order valence-corrected chi connectivity index (χ3v) is 5.72. The SMILES string of the molecule is CN(Cc1ccccc1)c1cc(F)cc2c(O)c(C(=O)Nc3ccc(C(=O)OC(C)(C)C)cc3)c(=O)[nH]c12. The molecule has 196 valence electrons. The van der Waals surface area contributed by atoms with E-state index in [1.165, 1.54) is 30.3 Å². The van der Waals surface area contributed by atoms with Crippen molar-refractivity contribution in [3.8, 4) is 5.75 Å². The van der Waals surface area contributed by atoms with E-state index in [4.69, 9.17) is 4.74 Å². The van der Waals surface area contributed by atoms with Crippen LogP contribution >= 0.6 is 0 Å². The highest BCUT2D eigenvalue weighted by Gasteiger charge is 2.23. The molecule has 0 aliphatic carbocycles. The van der Waals surface area contributed by atoms with Crippen LogP contribution in [-0.2, 0) is 11.3 Å². The number of fused-ring (bicyclic) bond motifs is 1. The lowest BCUT2D eigenvalue weighted by Gasteiger charge is -2.22. The smallest absolute Gasteiger partial charge is 0.338 e. The normalized spacial score (nSPS) is 11.3. The number of halogens is 1. The number of aromatic amines is 1. The van der Waals surface area contributed by atoms with Gasteiger partial charge in [-0.15, -0.1) is 0 Å². The van der Waals surface area contributed by atoms with E-state index in [1.54, 1.807) is 32.7 Å².